The number of halogens is 1. The van der Waals surface area contributed by atoms with Crippen LogP contribution in [0.25, 0.3) is 0 Å². The second-order valence-electron chi connectivity index (χ2n) is 6.90. The Kier molecular flexibility index (Phi) is 3.17. The Bertz CT molecular complexity index is 638. The number of ketones is 1. The molecule has 2 saturated carbocycles. The molecule has 2 fully saturated rings. The number of anilines is 1. The molecule has 1 amide bonds. The maximum absolute atomic E-state index is 12.9. The van der Waals surface area contributed by atoms with Crippen LogP contribution in [-0.2, 0) is 9.59 Å². The van der Waals surface area contributed by atoms with E-state index in [2.05, 4.69) is 19.2 Å². The van der Waals surface area contributed by atoms with E-state index in [0.717, 1.165) is 17.7 Å². The molecule has 0 saturated heterocycles. The number of hydrogen-bond acceptors (Lipinski definition) is 2. The van der Waals surface area contributed by atoms with E-state index in [0.29, 0.717) is 23.8 Å². The van der Waals surface area contributed by atoms with Crippen LogP contribution in [0.2, 0.25) is 5.02 Å². The first-order valence-corrected chi connectivity index (χ1v) is 7.78. The third-order valence-corrected chi connectivity index (χ3v) is 5.96. The van der Waals surface area contributed by atoms with E-state index in [-0.39, 0.29) is 17.1 Å². The number of amides is 1. The molecule has 2 atom stereocenters. The summed E-state index contributed by atoms with van der Waals surface area (Å²) in [5.41, 5.74) is 0.529. The summed E-state index contributed by atoms with van der Waals surface area (Å²) in [5.74, 6) is 0.290. The van der Waals surface area contributed by atoms with Gasteiger partial charge in [-0.15, -0.1) is 0 Å². The van der Waals surface area contributed by atoms with Crippen molar-refractivity contribution in [3.63, 3.8) is 0 Å². The van der Waals surface area contributed by atoms with Crippen molar-refractivity contribution >= 4 is 29.0 Å². The predicted molar refractivity (Wildman–Crippen MR) is 83.4 cm³/mol. The lowest BCUT2D eigenvalue weighted by Gasteiger charge is -2.35. The molecule has 0 aromatic heterocycles. The first-order chi connectivity index (χ1) is 9.79. The second kappa shape index (κ2) is 4.57. The molecule has 1 N–H and O–H groups in total. The highest BCUT2D eigenvalue weighted by Gasteiger charge is 2.68. The SMILES string of the molecule is Cc1cc(Cl)ccc1NC(=O)C12CCC(CC1=O)C2(C)C. The normalized spacial score (nSPS) is 29.7. The first-order valence-electron chi connectivity index (χ1n) is 7.40. The standard InChI is InChI=1S/C17H20ClNO2/c1-10-8-12(18)4-5-13(10)19-15(21)17-7-6-11(9-14(17)20)16(17,2)3/h4-5,8,11H,6-7,9H2,1-3H3,(H,19,21). The maximum Gasteiger partial charge on any atom is 0.238 e. The topological polar surface area (TPSA) is 46.2 Å². The van der Waals surface area contributed by atoms with E-state index in [1.54, 1.807) is 12.1 Å². The van der Waals surface area contributed by atoms with Crippen LogP contribution in [0, 0.1) is 23.7 Å². The Hall–Kier alpha value is -1.35. The largest absolute Gasteiger partial charge is 0.325 e. The van der Waals surface area contributed by atoms with E-state index in [4.69, 9.17) is 11.6 Å². The third kappa shape index (κ3) is 1.87. The van der Waals surface area contributed by atoms with Crippen LogP contribution in [0.15, 0.2) is 18.2 Å². The van der Waals surface area contributed by atoms with E-state index in [1.807, 2.05) is 13.0 Å². The van der Waals surface area contributed by atoms with E-state index in [1.165, 1.54) is 0 Å². The van der Waals surface area contributed by atoms with Crippen LogP contribution in [0.3, 0.4) is 0 Å². The fourth-order valence-electron chi connectivity index (χ4n) is 4.21. The maximum atomic E-state index is 12.9. The van der Waals surface area contributed by atoms with Gasteiger partial charge in [-0.05, 0) is 54.9 Å². The van der Waals surface area contributed by atoms with Crippen LogP contribution >= 0.6 is 11.6 Å². The van der Waals surface area contributed by atoms with Gasteiger partial charge in [-0.3, -0.25) is 9.59 Å². The minimum atomic E-state index is -0.857. The van der Waals surface area contributed by atoms with Gasteiger partial charge in [0.15, 0.2) is 0 Å². The van der Waals surface area contributed by atoms with E-state index >= 15 is 0 Å². The number of carbonyl (C=O) groups excluding carboxylic acids is 2. The molecule has 0 heterocycles. The molecule has 2 aliphatic carbocycles. The molecule has 2 aliphatic rings. The van der Waals surface area contributed by atoms with Crippen LogP contribution in [0.5, 0.6) is 0 Å². The van der Waals surface area contributed by atoms with Crippen molar-refractivity contribution in [2.24, 2.45) is 16.7 Å². The van der Waals surface area contributed by atoms with Gasteiger partial charge in [0.2, 0.25) is 5.91 Å². The molecule has 3 rings (SSSR count). The molecule has 1 aromatic rings. The lowest BCUT2D eigenvalue weighted by molar-refractivity contribution is -0.141. The van der Waals surface area contributed by atoms with Crippen molar-refractivity contribution in [1.82, 2.24) is 0 Å². The summed E-state index contributed by atoms with van der Waals surface area (Å²) in [6.07, 6.45) is 2.17. The van der Waals surface area contributed by atoms with E-state index < -0.39 is 5.41 Å². The second-order valence-corrected chi connectivity index (χ2v) is 7.34. The number of aryl methyl sites for hydroxylation is 1. The predicted octanol–water partition coefficient (Wildman–Crippen LogP) is 3.98. The minimum absolute atomic E-state index is 0.105. The quantitative estimate of drug-likeness (QED) is 0.840. The summed E-state index contributed by atoms with van der Waals surface area (Å²) < 4.78 is 0. The molecular formula is C17H20ClNO2. The highest BCUT2D eigenvalue weighted by atomic mass is 35.5. The summed E-state index contributed by atoms with van der Waals surface area (Å²) >= 11 is 5.94. The molecule has 1 aromatic carbocycles. The van der Waals surface area contributed by atoms with Gasteiger partial charge in [-0.25, -0.2) is 0 Å². The molecule has 2 unspecified atom stereocenters. The van der Waals surface area contributed by atoms with Gasteiger partial charge in [0.1, 0.15) is 11.2 Å². The monoisotopic (exact) mass is 305 g/mol. The summed E-state index contributed by atoms with van der Waals surface area (Å²) in [4.78, 5) is 25.4. The van der Waals surface area contributed by atoms with Crippen molar-refractivity contribution in [2.75, 3.05) is 5.32 Å². The smallest absolute Gasteiger partial charge is 0.238 e. The molecule has 0 aliphatic heterocycles. The zero-order valence-corrected chi connectivity index (χ0v) is 13.4. The van der Waals surface area contributed by atoms with Gasteiger partial charge in [-0.2, -0.15) is 0 Å². The zero-order chi connectivity index (χ0) is 15.4. The summed E-state index contributed by atoms with van der Waals surface area (Å²) in [6, 6.07) is 5.36. The lowest BCUT2D eigenvalue weighted by Crippen LogP contribution is -2.46. The number of nitrogens with one attached hydrogen (secondary N) is 1. The summed E-state index contributed by atoms with van der Waals surface area (Å²) in [6.45, 7) is 6.02. The molecule has 4 heteroatoms. The fourth-order valence-corrected chi connectivity index (χ4v) is 4.43. The molecular weight excluding hydrogens is 286 g/mol. The van der Waals surface area contributed by atoms with Crippen LogP contribution in [-0.4, -0.2) is 11.7 Å². The number of Topliss-reactive ketones (excluding diaryl/α,β-unsaturated/α-hetero) is 1. The average molecular weight is 306 g/mol. The van der Waals surface area contributed by atoms with Crippen molar-refractivity contribution < 1.29 is 9.59 Å². The lowest BCUT2D eigenvalue weighted by atomic mass is 9.68. The van der Waals surface area contributed by atoms with Crippen LogP contribution < -0.4 is 5.32 Å². The molecule has 0 radical (unpaired) electrons. The van der Waals surface area contributed by atoms with Gasteiger partial charge in [-0.1, -0.05) is 25.4 Å². The molecule has 0 spiro atoms. The Morgan fingerprint density at radius 3 is 2.62 bits per heavy atom. The first kappa shape index (κ1) is 14.6. The third-order valence-electron chi connectivity index (χ3n) is 5.72. The van der Waals surface area contributed by atoms with Gasteiger partial charge >= 0.3 is 0 Å². The Balaban J connectivity index is 1.93. The minimum Gasteiger partial charge on any atom is -0.325 e. The highest BCUT2D eigenvalue weighted by molar-refractivity contribution is 6.30. The molecule has 3 nitrogen and oxygen atoms in total. The fraction of sp³-hybridized carbons (Fsp3) is 0.529. The summed E-state index contributed by atoms with van der Waals surface area (Å²) in [5, 5.41) is 3.61. The van der Waals surface area contributed by atoms with Gasteiger partial charge in [0.05, 0.1) is 0 Å². The van der Waals surface area contributed by atoms with Crippen LogP contribution in [0.1, 0.15) is 38.7 Å². The van der Waals surface area contributed by atoms with Crippen LogP contribution in [0.4, 0.5) is 5.69 Å². The molecule has 112 valence electrons. The van der Waals surface area contributed by atoms with Gasteiger partial charge in [0.25, 0.3) is 0 Å². The highest BCUT2D eigenvalue weighted by Crippen LogP contribution is 2.64. The van der Waals surface area contributed by atoms with Crippen molar-refractivity contribution in [2.45, 2.75) is 40.0 Å². The Morgan fingerprint density at radius 1 is 1.38 bits per heavy atom. The summed E-state index contributed by atoms with van der Waals surface area (Å²) in [7, 11) is 0. The Labute approximate surface area is 130 Å². The van der Waals surface area contributed by atoms with Gasteiger partial charge < -0.3 is 5.32 Å². The average Bonchev–Trinajstić information content (AvgIpc) is 2.76. The van der Waals surface area contributed by atoms with Crippen molar-refractivity contribution in [1.29, 1.82) is 0 Å². The zero-order valence-electron chi connectivity index (χ0n) is 12.6. The Morgan fingerprint density at radius 2 is 2.10 bits per heavy atom. The van der Waals surface area contributed by atoms with Crippen molar-refractivity contribution in [3.05, 3.63) is 28.8 Å². The van der Waals surface area contributed by atoms with Crippen molar-refractivity contribution in [3.8, 4) is 0 Å². The molecule has 21 heavy (non-hydrogen) atoms. The number of hydrogen-bond donors (Lipinski definition) is 1. The van der Waals surface area contributed by atoms with E-state index in [9.17, 15) is 9.59 Å². The van der Waals surface area contributed by atoms with Gasteiger partial charge in [0, 0.05) is 17.1 Å². The number of carbonyl (C=O) groups is 2. The number of fused-ring (bicyclic) bond motifs is 2. The number of benzene rings is 1. The number of rotatable bonds is 2. The molecule has 2 bridgehead atoms.